The number of aryl methyl sites for hydroxylation is 1. The highest BCUT2D eigenvalue weighted by Gasteiger charge is 2.28. The lowest BCUT2D eigenvalue weighted by atomic mass is 10.0. The summed E-state index contributed by atoms with van der Waals surface area (Å²) >= 11 is 12.8. The molecule has 4 aromatic rings. The zero-order chi connectivity index (χ0) is 21.4. The number of esters is 1. The first-order valence-corrected chi connectivity index (χ1v) is 9.84. The van der Waals surface area contributed by atoms with Gasteiger partial charge in [-0.3, -0.25) is 0 Å². The lowest BCUT2D eigenvalue weighted by Gasteiger charge is -2.14. The molecule has 0 radical (unpaired) electrons. The molecule has 0 amide bonds. The summed E-state index contributed by atoms with van der Waals surface area (Å²) in [7, 11) is 1.19. The highest BCUT2D eigenvalue weighted by Crippen LogP contribution is 2.38. The lowest BCUT2D eigenvalue weighted by molar-refractivity contribution is -0.150. The average molecular weight is 442 g/mol. The summed E-state index contributed by atoms with van der Waals surface area (Å²) in [6.45, 7) is 1.67. The van der Waals surface area contributed by atoms with Gasteiger partial charge in [0.2, 0.25) is 0 Å². The summed E-state index contributed by atoms with van der Waals surface area (Å²) < 4.78 is 6.07. The molecular formula is C22H17Cl2N3O3. The number of aliphatic hydroxyl groups excluding tert-OH is 1. The summed E-state index contributed by atoms with van der Waals surface area (Å²) in [5.74, 6) is -0.827. The number of ether oxygens (including phenoxy) is 1. The molecule has 0 aliphatic heterocycles. The zero-order valence-corrected chi connectivity index (χ0v) is 17.6. The van der Waals surface area contributed by atoms with Crippen LogP contribution in [0.1, 0.15) is 17.4 Å². The number of benzene rings is 2. The van der Waals surface area contributed by atoms with Crippen molar-refractivity contribution in [3.05, 3.63) is 76.0 Å². The van der Waals surface area contributed by atoms with E-state index in [0.717, 1.165) is 16.7 Å². The molecule has 0 aliphatic rings. The largest absolute Gasteiger partial charge is 0.467 e. The molecule has 2 aromatic carbocycles. The molecule has 1 atom stereocenters. The van der Waals surface area contributed by atoms with Crippen LogP contribution in [0.2, 0.25) is 10.2 Å². The first-order chi connectivity index (χ1) is 14.4. The Kier molecular flexibility index (Phi) is 5.47. The Hall–Kier alpha value is -2.93. The van der Waals surface area contributed by atoms with Crippen molar-refractivity contribution in [3.8, 4) is 22.4 Å². The highest BCUT2D eigenvalue weighted by atomic mass is 35.5. The van der Waals surface area contributed by atoms with Gasteiger partial charge in [-0.2, -0.15) is 5.10 Å². The lowest BCUT2D eigenvalue weighted by Crippen LogP contribution is -2.17. The van der Waals surface area contributed by atoms with Crippen molar-refractivity contribution in [3.63, 3.8) is 0 Å². The number of carbonyl (C=O) groups excluding carboxylic acids is 1. The minimum Gasteiger partial charge on any atom is -0.467 e. The van der Waals surface area contributed by atoms with Crippen molar-refractivity contribution in [2.75, 3.05) is 7.11 Å². The minimum absolute atomic E-state index is 0.0841. The zero-order valence-electron chi connectivity index (χ0n) is 16.1. The van der Waals surface area contributed by atoms with E-state index in [1.54, 1.807) is 19.1 Å². The predicted molar refractivity (Wildman–Crippen MR) is 116 cm³/mol. The van der Waals surface area contributed by atoms with E-state index in [2.05, 4.69) is 14.8 Å². The van der Waals surface area contributed by atoms with Gasteiger partial charge in [0.1, 0.15) is 10.8 Å². The molecule has 152 valence electrons. The van der Waals surface area contributed by atoms with Gasteiger partial charge in [0.05, 0.1) is 18.2 Å². The predicted octanol–water partition coefficient (Wildman–Crippen LogP) is 4.88. The Morgan fingerprint density at radius 1 is 1.10 bits per heavy atom. The van der Waals surface area contributed by atoms with Crippen LogP contribution in [0.15, 0.2) is 54.6 Å². The van der Waals surface area contributed by atoms with E-state index in [9.17, 15) is 9.90 Å². The monoisotopic (exact) mass is 441 g/mol. The van der Waals surface area contributed by atoms with Gasteiger partial charge in [0.15, 0.2) is 11.8 Å². The van der Waals surface area contributed by atoms with Gasteiger partial charge in [-0.15, -0.1) is 0 Å². The quantitative estimate of drug-likeness (QED) is 0.360. The first-order valence-electron chi connectivity index (χ1n) is 9.08. The number of halogens is 2. The SMILES string of the molecule is COC(=O)C(O)c1c(C)nc2c(-c3ccccc3)c(-c3cccc(Cl)c3)nn2c1Cl. The van der Waals surface area contributed by atoms with E-state index < -0.39 is 12.1 Å². The molecule has 6 nitrogen and oxygen atoms in total. The van der Waals surface area contributed by atoms with Crippen molar-refractivity contribution in [1.82, 2.24) is 14.6 Å². The number of carbonyl (C=O) groups is 1. The van der Waals surface area contributed by atoms with Crippen molar-refractivity contribution < 1.29 is 14.6 Å². The maximum atomic E-state index is 11.9. The van der Waals surface area contributed by atoms with Gasteiger partial charge in [-0.25, -0.2) is 14.3 Å². The standard InChI is InChI=1S/C22H17Cl2N3O3/c1-12-16(19(28)22(29)30-2)20(24)27-21(25-12)17(13-7-4-3-5-8-13)18(26-27)14-9-6-10-15(23)11-14/h3-11,19,28H,1-2H3. The number of nitrogens with zero attached hydrogens (tertiary/aromatic N) is 3. The molecule has 0 bridgehead atoms. The maximum absolute atomic E-state index is 11.9. The van der Waals surface area contributed by atoms with Crippen LogP contribution in [-0.4, -0.2) is 32.8 Å². The second-order valence-corrected chi connectivity index (χ2v) is 7.46. The van der Waals surface area contributed by atoms with E-state index in [1.165, 1.54) is 11.6 Å². The third-order valence-electron chi connectivity index (χ3n) is 4.79. The summed E-state index contributed by atoms with van der Waals surface area (Å²) in [6.07, 6.45) is -1.57. The van der Waals surface area contributed by atoms with E-state index in [1.807, 2.05) is 42.5 Å². The second-order valence-electron chi connectivity index (χ2n) is 6.66. The molecule has 2 aromatic heterocycles. The summed E-state index contributed by atoms with van der Waals surface area (Å²) in [5.41, 5.74) is 4.13. The molecule has 4 rings (SSSR count). The molecule has 30 heavy (non-hydrogen) atoms. The van der Waals surface area contributed by atoms with Crippen LogP contribution in [0.25, 0.3) is 28.0 Å². The van der Waals surface area contributed by atoms with Gasteiger partial charge in [0.25, 0.3) is 0 Å². The molecule has 8 heteroatoms. The van der Waals surface area contributed by atoms with Crippen LogP contribution < -0.4 is 0 Å². The third-order valence-corrected chi connectivity index (χ3v) is 5.39. The van der Waals surface area contributed by atoms with Crippen LogP contribution in [-0.2, 0) is 9.53 Å². The van der Waals surface area contributed by atoms with Crippen molar-refractivity contribution in [2.45, 2.75) is 13.0 Å². The van der Waals surface area contributed by atoms with Crippen LogP contribution in [0.3, 0.4) is 0 Å². The van der Waals surface area contributed by atoms with Gasteiger partial charge < -0.3 is 9.84 Å². The van der Waals surface area contributed by atoms with Crippen LogP contribution >= 0.6 is 23.2 Å². The normalized spacial score (nSPS) is 12.2. The average Bonchev–Trinajstić information content (AvgIpc) is 3.13. The fourth-order valence-corrected chi connectivity index (χ4v) is 3.93. The van der Waals surface area contributed by atoms with E-state index in [0.29, 0.717) is 22.1 Å². The van der Waals surface area contributed by atoms with Gasteiger partial charge in [0, 0.05) is 16.3 Å². The number of hydrogen-bond donors (Lipinski definition) is 1. The van der Waals surface area contributed by atoms with E-state index >= 15 is 0 Å². The Balaban J connectivity index is 2.06. The molecule has 0 saturated heterocycles. The molecule has 1 N–H and O–H groups in total. The van der Waals surface area contributed by atoms with Crippen molar-refractivity contribution in [1.29, 1.82) is 0 Å². The van der Waals surface area contributed by atoms with E-state index in [-0.39, 0.29) is 10.7 Å². The van der Waals surface area contributed by atoms with Crippen LogP contribution in [0.5, 0.6) is 0 Å². The smallest absolute Gasteiger partial charge is 0.339 e. The molecular weight excluding hydrogens is 425 g/mol. The van der Waals surface area contributed by atoms with Crippen LogP contribution in [0.4, 0.5) is 0 Å². The summed E-state index contributed by atoms with van der Waals surface area (Å²) in [6, 6.07) is 17.0. The van der Waals surface area contributed by atoms with Gasteiger partial charge >= 0.3 is 5.97 Å². The molecule has 0 saturated carbocycles. The topological polar surface area (TPSA) is 76.7 Å². The summed E-state index contributed by atoms with van der Waals surface area (Å²) in [4.78, 5) is 16.5. The number of hydrogen-bond acceptors (Lipinski definition) is 5. The Morgan fingerprint density at radius 2 is 1.80 bits per heavy atom. The van der Waals surface area contributed by atoms with Gasteiger partial charge in [-0.1, -0.05) is 65.7 Å². The second kappa shape index (κ2) is 8.07. The fraction of sp³-hybridized carbons (Fsp3) is 0.136. The number of methoxy groups -OCH3 is 1. The first kappa shape index (κ1) is 20.3. The van der Waals surface area contributed by atoms with Crippen molar-refractivity contribution >= 4 is 34.8 Å². The Morgan fingerprint density at radius 3 is 2.47 bits per heavy atom. The minimum atomic E-state index is -1.57. The molecule has 0 fully saturated rings. The Bertz CT molecular complexity index is 1260. The summed E-state index contributed by atoms with van der Waals surface area (Å²) in [5, 5.41) is 15.7. The number of aromatic nitrogens is 3. The molecule has 2 heterocycles. The van der Waals surface area contributed by atoms with E-state index in [4.69, 9.17) is 23.2 Å². The number of fused-ring (bicyclic) bond motifs is 1. The molecule has 1 unspecified atom stereocenters. The highest BCUT2D eigenvalue weighted by molar-refractivity contribution is 6.31. The number of aliphatic hydroxyl groups is 1. The van der Waals surface area contributed by atoms with Crippen LogP contribution in [0, 0.1) is 6.92 Å². The van der Waals surface area contributed by atoms with Gasteiger partial charge in [-0.05, 0) is 24.6 Å². The van der Waals surface area contributed by atoms with Crippen molar-refractivity contribution in [2.24, 2.45) is 0 Å². The third kappa shape index (κ3) is 3.43. The molecule has 0 spiro atoms. The molecule has 0 aliphatic carbocycles. The maximum Gasteiger partial charge on any atom is 0.339 e. The number of rotatable bonds is 4. The Labute approximate surface area is 182 Å². The fourth-order valence-electron chi connectivity index (χ4n) is 3.38.